The van der Waals surface area contributed by atoms with E-state index in [2.05, 4.69) is 47.0 Å². The number of carbonyl (C=O) groups is 1. The third kappa shape index (κ3) is 5.46. The summed E-state index contributed by atoms with van der Waals surface area (Å²) in [5, 5.41) is 25.2. The molecule has 1 amide bonds. The molecule has 7 nitrogen and oxygen atoms in total. The van der Waals surface area contributed by atoms with Crippen LogP contribution in [-0.4, -0.2) is 22.2 Å². The molecule has 1 heterocycles. The Balaban J connectivity index is 1.76. The molecule has 1 atom stereocenters. The Morgan fingerprint density at radius 1 is 1.29 bits per heavy atom. The van der Waals surface area contributed by atoms with Gasteiger partial charge in [0.25, 0.3) is 11.6 Å². The Hall–Kier alpha value is -3.04. The molecule has 0 saturated carbocycles. The number of non-ortho nitro benzene ring substituents is 1. The molecule has 1 aliphatic rings. The van der Waals surface area contributed by atoms with Gasteiger partial charge in [-0.15, -0.1) is 11.3 Å². The maximum Gasteiger partial charge on any atom is 0.271 e. The molecule has 9 heteroatoms. The van der Waals surface area contributed by atoms with Gasteiger partial charge in [-0.25, -0.2) is 4.99 Å². The number of phenolic OH excluding ortho intramolecular Hbond substituents is 1. The van der Waals surface area contributed by atoms with Crippen LogP contribution in [0, 0.1) is 21.4 Å². The minimum Gasteiger partial charge on any atom is -0.506 e. The molecular weight excluding hydrogens is 530 g/mol. The second-order valence-corrected chi connectivity index (χ2v) is 11.6. The Morgan fingerprint density at radius 2 is 2.00 bits per heavy atom. The molecule has 35 heavy (non-hydrogen) atoms. The van der Waals surface area contributed by atoms with Crippen LogP contribution in [0.15, 0.2) is 51.9 Å². The van der Waals surface area contributed by atoms with E-state index in [1.165, 1.54) is 29.7 Å². The highest BCUT2D eigenvalue weighted by Gasteiger charge is 2.33. The number of para-hydroxylation sites is 1. The van der Waals surface area contributed by atoms with Gasteiger partial charge in [-0.2, -0.15) is 0 Å². The predicted octanol–water partition coefficient (Wildman–Crippen LogP) is 7.28. The van der Waals surface area contributed by atoms with Gasteiger partial charge in [-0.3, -0.25) is 14.9 Å². The number of amides is 1. The lowest BCUT2D eigenvalue weighted by molar-refractivity contribution is -0.385. The SMILES string of the molecule is CC(C)(C)[C@@H]1CCc2c(sc(N=Cc3cc([N+](=O)[O-])cc(Br)c3O)c2C(=O)Nc2ccccc2)C1. The van der Waals surface area contributed by atoms with Crippen LogP contribution in [0.2, 0.25) is 0 Å². The van der Waals surface area contributed by atoms with E-state index < -0.39 is 4.92 Å². The number of nitro benzene ring substituents is 1. The molecule has 0 unspecified atom stereocenters. The van der Waals surface area contributed by atoms with Gasteiger partial charge in [0.2, 0.25) is 0 Å². The van der Waals surface area contributed by atoms with Gasteiger partial charge in [-0.1, -0.05) is 39.0 Å². The van der Waals surface area contributed by atoms with Crippen molar-refractivity contribution < 1.29 is 14.8 Å². The molecule has 182 valence electrons. The average Bonchev–Trinajstić information content (AvgIpc) is 3.17. The summed E-state index contributed by atoms with van der Waals surface area (Å²) in [5.74, 6) is 0.107. The predicted molar refractivity (Wildman–Crippen MR) is 143 cm³/mol. The van der Waals surface area contributed by atoms with Crippen molar-refractivity contribution in [3.63, 3.8) is 0 Å². The number of fused-ring (bicyclic) bond motifs is 1. The van der Waals surface area contributed by atoms with Gasteiger partial charge in [0, 0.05) is 34.5 Å². The first-order valence-corrected chi connectivity index (χ1v) is 12.9. The number of carbonyl (C=O) groups excluding carboxylic acids is 1. The topological polar surface area (TPSA) is 105 Å². The monoisotopic (exact) mass is 555 g/mol. The van der Waals surface area contributed by atoms with Crippen LogP contribution in [0.3, 0.4) is 0 Å². The number of hydrogen-bond acceptors (Lipinski definition) is 6. The van der Waals surface area contributed by atoms with Crippen molar-refractivity contribution in [2.75, 3.05) is 5.32 Å². The smallest absolute Gasteiger partial charge is 0.271 e. The number of halogens is 1. The largest absolute Gasteiger partial charge is 0.506 e. The maximum absolute atomic E-state index is 13.4. The van der Waals surface area contributed by atoms with Crippen LogP contribution in [-0.2, 0) is 12.8 Å². The molecule has 0 bridgehead atoms. The molecule has 1 aromatic heterocycles. The zero-order valence-electron chi connectivity index (χ0n) is 19.7. The van der Waals surface area contributed by atoms with E-state index in [0.29, 0.717) is 22.2 Å². The van der Waals surface area contributed by atoms with E-state index in [9.17, 15) is 20.0 Å². The molecule has 2 aromatic carbocycles. The number of nitrogens with zero attached hydrogens (tertiary/aromatic N) is 2. The fourth-order valence-electron chi connectivity index (χ4n) is 4.29. The van der Waals surface area contributed by atoms with Crippen molar-refractivity contribution >= 4 is 55.8 Å². The first kappa shape index (κ1) is 25.1. The summed E-state index contributed by atoms with van der Waals surface area (Å²) in [7, 11) is 0. The zero-order valence-corrected chi connectivity index (χ0v) is 22.1. The second kappa shape index (κ2) is 9.91. The summed E-state index contributed by atoms with van der Waals surface area (Å²) < 4.78 is 0.202. The Bertz CT molecular complexity index is 1310. The first-order chi connectivity index (χ1) is 16.5. The molecule has 0 saturated heterocycles. The van der Waals surface area contributed by atoms with E-state index in [1.807, 2.05) is 30.3 Å². The molecule has 4 rings (SSSR count). The number of aliphatic imine (C=N–C) groups is 1. The van der Waals surface area contributed by atoms with Crippen LogP contribution in [0.1, 0.15) is 53.6 Å². The maximum atomic E-state index is 13.4. The zero-order chi connectivity index (χ0) is 25.3. The molecule has 3 aromatic rings. The van der Waals surface area contributed by atoms with Gasteiger partial charge in [-0.05, 0) is 64.2 Å². The summed E-state index contributed by atoms with van der Waals surface area (Å²) in [6, 6.07) is 11.7. The van der Waals surface area contributed by atoms with Gasteiger partial charge in [0.15, 0.2) is 0 Å². The van der Waals surface area contributed by atoms with Crippen molar-refractivity contribution in [2.45, 2.75) is 40.0 Å². The van der Waals surface area contributed by atoms with Crippen molar-refractivity contribution in [2.24, 2.45) is 16.3 Å². The quantitative estimate of drug-likeness (QED) is 0.196. The van der Waals surface area contributed by atoms with Crippen molar-refractivity contribution in [1.82, 2.24) is 0 Å². The molecule has 0 spiro atoms. The van der Waals surface area contributed by atoms with Crippen molar-refractivity contribution in [3.05, 3.63) is 78.6 Å². The normalized spacial score (nSPS) is 15.7. The summed E-state index contributed by atoms with van der Waals surface area (Å²) in [6.07, 6.45) is 4.03. The van der Waals surface area contributed by atoms with Crippen LogP contribution in [0.5, 0.6) is 5.75 Å². The standard InChI is InChI=1S/C26H26BrN3O4S/c1-26(2,3)16-9-10-19-21(12-16)35-25(22(19)24(32)29-17-7-5-4-6-8-17)28-14-15-11-18(30(33)34)13-20(27)23(15)31/h4-8,11,13-14,16,31H,9-10,12H2,1-3H3,(H,29,32)/t16-/m1/s1. The number of anilines is 1. The summed E-state index contributed by atoms with van der Waals surface area (Å²) in [6.45, 7) is 6.71. The molecular formula is C26H26BrN3O4S. The first-order valence-electron chi connectivity index (χ1n) is 11.3. The Labute approximate surface area is 216 Å². The summed E-state index contributed by atoms with van der Waals surface area (Å²) >= 11 is 4.63. The minimum atomic E-state index is -0.531. The number of phenols is 1. The number of nitro groups is 1. The number of benzene rings is 2. The Morgan fingerprint density at radius 3 is 2.66 bits per heavy atom. The number of thiophene rings is 1. The van der Waals surface area contributed by atoms with Gasteiger partial charge >= 0.3 is 0 Å². The van der Waals surface area contributed by atoms with Gasteiger partial charge in [0.05, 0.1) is 15.0 Å². The number of nitrogens with one attached hydrogen (secondary N) is 1. The van der Waals surface area contributed by atoms with Crippen molar-refractivity contribution in [1.29, 1.82) is 0 Å². The fraction of sp³-hybridized carbons (Fsp3) is 0.308. The molecule has 1 aliphatic carbocycles. The van der Waals surface area contributed by atoms with E-state index >= 15 is 0 Å². The lowest BCUT2D eigenvalue weighted by Crippen LogP contribution is -2.27. The molecule has 0 aliphatic heterocycles. The van der Waals surface area contributed by atoms with Crippen LogP contribution in [0.4, 0.5) is 16.4 Å². The highest BCUT2D eigenvalue weighted by atomic mass is 79.9. The van der Waals surface area contributed by atoms with E-state index in [1.54, 1.807) is 0 Å². The highest BCUT2D eigenvalue weighted by Crippen LogP contribution is 2.45. The van der Waals surface area contributed by atoms with Crippen LogP contribution < -0.4 is 5.32 Å². The molecule has 0 fully saturated rings. The summed E-state index contributed by atoms with van der Waals surface area (Å²) in [5.41, 5.74) is 2.41. The van der Waals surface area contributed by atoms with Crippen LogP contribution >= 0.6 is 27.3 Å². The van der Waals surface area contributed by atoms with Gasteiger partial charge in [0.1, 0.15) is 10.8 Å². The second-order valence-electron chi connectivity index (χ2n) is 9.69. The van der Waals surface area contributed by atoms with E-state index in [4.69, 9.17) is 0 Å². The minimum absolute atomic E-state index is 0.149. The van der Waals surface area contributed by atoms with Gasteiger partial charge < -0.3 is 10.4 Å². The van der Waals surface area contributed by atoms with E-state index in [-0.39, 0.29) is 32.8 Å². The average molecular weight is 556 g/mol. The van der Waals surface area contributed by atoms with Crippen LogP contribution in [0.25, 0.3) is 0 Å². The number of rotatable bonds is 5. The third-order valence-electron chi connectivity index (χ3n) is 6.34. The number of hydrogen-bond donors (Lipinski definition) is 2. The molecule has 0 radical (unpaired) electrons. The fourth-order valence-corrected chi connectivity index (χ4v) is 6.02. The molecule has 2 N–H and O–H groups in total. The summed E-state index contributed by atoms with van der Waals surface area (Å²) in [4.78, 5) is 29.8. The highest BCUT2D eigenvalue weighted by molar-refractivity contribution is 9.10. The lowest BCUT2D eigenvalue weighted by atomic mass is 9.72. The number of aromatic hydroxyl groups is 1. The van der Waals surface area contributed by atoms with Crippen molar-refractivity contribution in [3.8, 4) is 5.75 Å². The van der Waals surface area contributed by atoms with E-state index in [0.717, 1.165) is 29.7 Å². The third-order valence-corrected chi connectivity index (χ3v) is 8.11. The Kier molecular flexibility index (Phi) is 7.10. The lowest BCUT2D eigenvalue weighted by Gasteiger charge is -2.33.